The Hall–Kier alpha value is -2.98. The molecule has 3 rings (SSSR count). The molecular formula is C20H17ClN2O2. The Balaban J connectivity index is 1.60. The van der Waals surface area contributed by atoms with Crippen molar-refractivity contribution in [2.75, 3.05) is 11.1 Å². The quantitative estimate of drug-likeness (QED) is 0.651. The summed E-state index contributed by atoms with van der Waals surface area (Å²) in [6.07, 6.45) is 0. The number of nitrogens with one attached hydrogen (secondary N) is 1. The van der Waals surface area contributed by atoms with Crippen molar-refractivity contribution in [1.29, 1.82) is 0 Å². The van der Waals surface area contributed by atoms with E-state index in [4.69, 9.17) is 22.1 Å². The molecule has 0 bridgehead atoms. The Morgan fingerprint density at radius 1 is 0.960 bits per heavy atom. The highest BCUT2D eigenvalue weighted by molar-refractivity contribution is 6.30. The first kappa shape index (κ1) is 16.9. The van der Waals surface area contributed by atoms with E-state index < -0.39 is 0 Å². The molecule has 0 unspecified atom stereocenters. The minimum Gasteiger partial charge on any atom is -0.489 e. The molecule has 126 valence electrons. The number of carbonyl (C=O) groups excluding carboxylic acids is 1. The lowest BCUT2D eigenvalue weighted by atomic mass is 10.1. The lowest BCUT2D eigenvalue weighted by Crippen LogP contribution is -2.13. The van der Waals surface area contributed by atoms with Crippen molar-refractivity contribution in [3.63, 3.8) is 0 Å². The fourth-order valence-electron chi connectivity index (χ4n) is 2.26. The molecule has 0 aliphatic rings. The number of amides is 1. The van der Waals surface area contributed by atoms with Crippen LogP contribution in [0.15, 0.2) is 72.8 Å². The maximum atomic E-state index is 12.3. The molecule has 3 aromatic rings. The molecule has 0 heterocycles. The highest BCUT2D eigenvalue weighted by Gasteiger charge is 2.08. The molecular weight excluding hydrogens is 336 g/mol. The maximum Gasteiger partial charge on any atom is 0.255 e. The summed E-state index contributed by atoms with van der Waals surface area (Å²) in [6.45, 7) is 0.412. The lowest BCUT2D eigenvalue weighted by molar-refractivity contribution is 0.102. The minimum atomic E-state index is -0.205. The molecule has 0 aromatic heterocycles. The average Bonchev–Trinajstić information content (AvgIpc) is 2.63. The Kier molecular flexibility index (Phi) is 5.21. The summed E-state index contributed by atoms with van der Waals surface area (Å²) in [5.41, 5.74) is 8.48. The molecule has 0 radical (unpaired) electrons. The number of carbonyl (C=O) groups is 1. The zero-order valence-electron chi connectivity index (χ0n) is 13.4. The molecule has 0 fully saturated rings. The van der Waals surface area contributed by atoms with Gasteiger partial charge in [0.25, 0.3) is 5.91 Å². The first-order valence-electron chi connectivity index (χ1n) is 7.75. The third-order valence-corrected chi connectivity index (χ3v) is 3.90. The van der Waals surface area contributed by atoms with E-state index in [0.717, 1.165) is 11.3 Å². The van der Waals surface area contributed by atoms with E-state index in [1.807, 2.05) is 36.4 Å². The van der Waals surface area contributed by atoms with Crippen LogP contribution in [-0.4, -0.2) is 5.91 Å². The highest BCUT2D eigenvalue weighted by atomic mass is 35.5. The third-order valence-electron chi connectivity index (χ3n) is 3.64. The molecule has 4 nitrogen and oxygen atoms in total. The number of hydrogen-bond acceptors (Lipinski definition) is 3. The smallest absolute Gasteiger partial charge is 0.255 e. The van der Waals surface area contributed by atoms with Crippen LogP contribution < -0.4 is 15.8 Å². The van der Waals surface area contributed by atoms with Gasteiger partial charge in [-0.2, -0.15) is 0 Å². The fraction of sp³-hybridized carbons (Fsp3) is 0.0500. The van der Waals surface area contributed by atoms with Gasteiger partial charge in [0.2, 0.25) is 0 Å². The maximum absolute atomic E-state index is 12.3. The summed E-state index contributed by atoms with van der Waals surface area (Å²) in [4.78, 5) is 12.3. The summed E-state index contributed by atoms with van der Waals surface area (Å²) < 4.78 is 5.68. The number of halogens is 1. The van der Waals surface area contributed by atoms with Crippen LogP contribution in [0.4, 0.5) is 11.4 Å². The molecule has 25 heavy (non-hydrogen) atoms. The summed E-state index contributed by atoms with van der Waals surface area (Å²) in [5, 5.41) is 3.47. The fourth-order valence-corrected chi connectivity index (χ4v) is 2.38. The molecule has 0 aliphatic carbocycles. The van der Waals surface area contributed by atoms with Crippen LogP contribution in [0.3, 0.4) is 0 Å². The molecule has 5 heteroatoms. The lowest BCUT2D eigenvalue weighted by Gasteiger charge is -2.09. The zero-order chi connectivity index (χ0) is 17.6. The predicted octanol–water partition coefficient (Wildman–Crippen LogP) is 4.75. The second-order valence-electron chi connectivity index (χ2n) is 5.48. The number of rotatable bonds is 5. The van der Waals surface area contributed by atoms with Gasteiger partial charge in [0.05, 0.1) is 11.4 Å². The summed E-state index contributed by atoms with van der Waals surface area (Å²) in [7, 11) is 0. The van der Waals surface area contributed by atoms with E-state index in [0.29, 0.717) is 28.6 Å². The van der Waals surface area contributed by atoms with Crippen LogP contribution in [0, 0.1) is 0 Å². The van der Waals surface area contributed by atoms with E-state index in [-0.39, 0.29) is 5.91 Å². The second-order valence-corrected chi connectivity index (χ2v) is 5.92. The van der Waals surface area contributed by atoms with Crippen molar-refractivity contribution in [2.24, 2.45) is 0 Å². The van der Waals surface area contributed by atoms with E-state index in [1.54, 1.807) is 36.4 Å². The molecule has 1 amide bonds. The summed E-state index contributed by atoms with van der Waals surface area (Å²) in [5.74, 6) is 0.536. The van der Waals surface area contributed by atoms with Crippen LogP contribution >= 0.6 is 11.6 Å². The molecule has 0 atom stereocenters. The van der Waals surface area contributed by atoms with Crippen molar-refractivity contribution >= 4 is 28.9 Å². The van der Waals surface area contributed by atoms with Gasteiger partial charge >= 0.3 is 0 Å². The van der Waals surface area contributed by atoms with E-state index in [2.05, 4.69) is 5.32 Å². The molecule has 0 aliphatic heterocycles. The molecule has 0 spiro atoms. The Bertz CT molecular complexity index is 862. The number of benzene rings is 3. The zero-order valence-corrected chi connectivity index (χ0v) is 14.2. The van der Waals surface area contributed by atoms with Crippen molar-refractivity contribution in [1.82, 2.24) is 0 Å². The SMILES string of the molecule is Nc1ccccc1NC(=O)c1ccc(COc2ccc(Cl)cc2)cc1. The van der Waals surface area contributed by atoms with E-state index in [9.17, 15) is 4.79 Å². The van der Waals surface area contributed by atoms with Gasteiger partial charge in [-0.25, -0.2) is 0 Å². The number of anilines is 2. The molecule has 3 N–H and O–H groups in total. The minimum absolute atomic E-state index is 0.205. The topological polar surface area (TPSA) is 64.3 Å². The van der Waals surface area contributed by atoms with Gasteiger partial charge in [0, 0.05) is 10.6 Å². The average molecular weight is 353 g/mol. The van der Waals surface area contributed by atoms with Crippen molar-refractivity contribution < 1.29 is 9.53 Å². The molecule has 0 saturated heterocycles. The molecule has 0 saturated carbocycles. The van der Waals surface area contributed by atoms with Gasteiger partial charge in [-0.15, -0.1) is 0 Å². The number of para-hydroxylation sites is 2. The predicted molar refractivity (Wildman–Crippen MR) is 101 cm³/mol. The van der Waals surface area contributed by atoms with E-state index in [1.165, 1.54) is 0 Å². The summed E-state index contributed by atoms with van der Waals surface area (Å²) >= 11 is 5.84. The summed E-state index contributed by atoms with van der Waals surface area (Å²) in [6, 6.07) is 21.6. The van der Waals surface area contributed by atoms with Gasteiger partial charge in [-0.05, 0) is 54.1 Å². The van der Waals surface area contributed by atoms with Gasteiger partial charge in [-0.3, -0.25) is 4.79 Å². The van der Waals surface area contributed by atoms with Crippen molar-refractivity contribution in [3.05, 3.63) is 88.9 Å². The largest absolute Gasteiger partial charge is 0.489 e. The van der Waals surface area contributed by atoms with Crippen LogP contribution in [0.2, 0.25) is 5.02 Å². The third kappa shape index (κ3) is 4.52. The number of nitrogen functional groups attached to an aromatic ring is 1. The standard InChI is InChI=1S/C20H17ClN2O2/c21-16-9-11-17(12-10-16)25-13-14-5-7-15(8-6-14)20(24)23-19-4-2-1-3-18(19)22/h1-12H,13,22H2,(H,23,24). The number of nitrogens with two attached hydrogens (primary N) is 1. The first-order valence-corrected chi connectivity index (χ1v) is 8.13. The van der Waals surface area contributed by atoms with Crippen LogP contribution in [0.1, 0.15) is 15.9 Å². The van der Waals surface area contributed by atoms with Gasteiger partial charge < -0.3 is 15.8 Å². The van der Waals surface area contributed by atoms with Gasteiger partial charge in [0.15, 0.2) is 0 Å². The Labute approximate surface area is 151 Å². The Morgan fingerprint density at radius 3 is 2.32 bits per heavy atom. The highest BCUT2D eigenvalue weighted by Crippen LogP contribution is 2.19. The number of hydrogen-bond donors (Lipinski definition) is 2. The van der Waals surface area contributed by atoms with Crippen LogP contribution in [-0.2, 0) is 6.61 Å². The monoisotopic (exact) mass is 352 g/mol. The second kappa shape index (κ2) is 7.73. The van der Waals surface area contributed by atoms with Gasteiger partial charge in [-0.1, -0.05) is 35.9 Å². The van der Waals surface area contributed by atoms with Crippen LogP contribution in [0.25, 0.3) is 0 Å². The van der Waals surface area contributed by atoms with Crippen LogP contribution in [0.5, 0.6) is 5.75 Å². The van der Waals surface area contributed by atoms with Gasteiger partial charge in [0.1, 0.15) is 12.4 Å². The van der Waals surface area contributed by atoms with Crippen molar-refractivity contribution in [3.8, 4) is 5.75 Å². The first-order chi connectivity index (χ1) is 12.1. The Morgan fingerprint density at radius 2 is 1.64 bits per heavy atom. The molecule has 3 aromatic carbocycles. The van der Waals surface area contributed by atoms with E-state index >= 15 is 0 Å². The van der Waals surface area contributed by atoms with Crippen molar-refractivity contribution in [2.45, 2.75) is 6.61 Å². The normalized spacial score (nSPS) is 10.3. The number of ether oxygens (including phenoxy) is 1.